The predicted octanol–water partition coefficient (Wildman–Crippen LogP) is 3.62. The monoisotopic (exact) mass is 273 g/mol. The fourth-order valence-electron chi connectivity index (χ4n) is 2.13. The van der Waals surface area contributed by atoms with E-state index in [4.69, 9.17) is 9.52 Å². The molecule has 2 aromatic rings. The lowest BCUT2D eigenvalue weighted by atomic mass is 10.2. The van der Waals surface area contributed by atoms with Crippen LogP contribution in [-0.4, -0.2) is 17.6 Å². The average Bonchev–Trinajstić information content (AvgIpc) is 2.79. The molecule has 0 aliphatic heterocycles. The fourth-order valence-corrected chi connectivity index (χ4v) is 2.13. The van der Waals surface area contributed by atoms with Crippen molar-refractivity contribution in [3.63, 3.8) is 0 Å². The lowest BCUT2D eigenvalue weighted by Crippen LogP contribution is -2.22. The van der Waals surface area contributed by atoms with Crippen molar-refractivity contribution in [1.29, 1.82) is 0 Å². The number of carboxylic acids is 1. The number of hydrogen-bond donors (Lipinski definition) is 1. The average molecular weight is 273 g/mol. The molecule has 0 aliphatic carbocycles. The first-order valence-electron chi connectivity index (χ1n) is 6.65. The summed E-state index contributed by atoms with van der Waals surface area (Å²) in [5.74, 6) is -0.372. The van der Waals surface area contributed by atoms with E-state index in [1.165, 1.54) is 5.56 Å². The molecule has 0 bridgehead atoms. The molecule has 0 unspecified atom stereocenters. The zero-order chi connectivity index (χ0) is 14.7. The van der Waals surface area contributed by atoms with E-state index in [0.29, 0.717) is 12.3 Å². The summed E-state index contributed by atoms with van der Waals surface area (Å²) in [6, 6.07) is 9.90. The van der Waals surface area contributed by atoms with Crippen LogP contribution in [-0.2, 0) is 6.54 Å². The van der Waals surface area contributed by atoms with Crippen molar-refractivity contribution in [2.75, 3.05) is 11.4 Å². The number of furan rings is 1. The van der Waals surface area contributed by atoms with Gasteiger partial charge in [0, 0.05) is 24.3 Å². The lowest BCUT2D eigenvalue weighted by Gasteiger charge is -2.23. The Morgan fingerprint density at radius 1 is 1.25 bits per heavy atom. The predicted molar refractivity (Wildman–Crippen MR) is 78.3 cm³/mol. The standard InChI is InChI=1S/C16H19NO3/c1-4-17(14-7-5-11(2)6-8-14)10-13-9-15(16(18)19)20-12(13)3/h5-9H,4,10H2,1-3H3,(H,18,19). The minimum Gasteiger partial charge on any atom is -0.475 e. The summed E-state index contributed by atoms with van der Waals surface area (Å²) in [6.45, 7) is 7.41. The van der Waals surface area contributed by atoms with Crippen LogP contribution in [0.2, 0.25) is 0 Å². The highest BCUT2D eigenvalue weighted by molar-refractivity contribution is 5.84. The lowest BCUT2D eigenvalue weighted by molar-refractivity contribution is 0.0661. The second-order valence-electron chi connectivity index (χ2n) is 4.85. The summed E-state index contributed by atoms with van der Waals surface area (Å²) in [7, 11) is 0. The number of rotatable bonds is 5. The third-order valence-corrected chi connectivity index (χ3v) is 3.37. The number of nitrogens with zero attached hydrogens (tertiary/aromatic N) is 1. The van der Waals surface area contributed by atoms with Gasteiger partial charge in [-0.1, -0.05) is 17.7 Å². The van der Waals surface area contributed by atoms with Gasteiger partial charge in [-0.15, -0.1) is 0 Å². The van der Waals surface area contributed by atoms with Crippen LogP contribution in [0.4, 0.5) is 5.69 Å². The second kappa shape index (κ2) is 5.82. The van der Waals surface area contributed by atoms with Crippen molar-refractivity contribution in [2.45, 2.75) is 27.3 Å². The van der Waals surface area contributed by atoms with Crippen LogP contribution < -0.4 is 4.90 Å². The molecule has 0 amide bonds. The van der Waals surface area contributed by atoms with Crippen LogP contribution in [0.5, 0.6) is 0 Å². The molecule has 0 aliphatic rings. The Labute approximate surface area is 118 Å². The van der Waals surface area contributed by atoms with Crippen molar-refractivity contribution in [3.8, 4) is 0 Å². The first-order valence-corrected chi connectivity index (χ1v) is 6.65. The van der Waals surface area contributed by atoms with Crippen LogP contribution in [0.1, 0.15) is 34.4 Å². The van der Waals surface area contributed by atoms with Gasteiger partial charge in [0.25, 0.3) is 0 Å². The minimum absolute atomic E-state index is 0.00235. The van der Waals surface area contributed by atoms with E-state index in [2.05, 4.69) is 43.0 Å². The van der Waals surface area contributed by atoms with Gasteiger partial charge in [-0.3, -0.25) is 0 Å². The Hall–Kier alpha value is -2.23. The minimum atomic E-state index is -1.03. The largest absolute Gasteiger partial charge is 0.475 e. The molecule has 1 aromatic carbocycles. The Morgan fingerprint density at radius 2 is 1.90 bits per heavy atom. The van der Waals surface area contributed by atoms with Gasteiger partial charge in [0.15, 0.2) is 0 Å². The Balaban J connectivity index is 2.22. The van der Waals surface area contributed by atoms with Crippen LogP contribution in [0.25, 0.3) is 0 Å². The highest BCUT2D eigenvalue weighted by atomic mass is 16.4. The molecule has 2 rings (SSSR count). The maximum absolute atomic E-state index is 10.9. The number of carboxylic acid groups (broad SMARTS) is 1. The van der Waals surface area contributed by atoms with E-state index in [9.17, 15) is 4.79 Å². The molecule has 0 atom stereocenters. The molecule has 4 nitrogen and oxygen atoms in total. The summed E-state index contributed by atoms with van der Waals surface area (Å²) in [5, 5.41) is 8.95. The van der Waals surface area contributed by atoms with Crippen molar-refractivity contribution in [1.82, 2.24) is 0 Å². The number of aromatic carboxylic acids is 1. The maximum Gasteiger partial charge on any atom is 0.371 e. The number of carbonyl (C=O) groups is 1. The van der Waals surface area contributed by atoms with Crippen molar-refractivity contribution >= 4 is 11.7 Å². The first kappa shape index (κ1) is 14.2. The van der Waals surface area contributed by atoms with Gasteiger partial charge >= 0.3 is 5.97 Å². The van der Waals surface area contributed by atoms with E-state index in [1.807, 2.05) is 0 Å². The molecule has 20 heavy (non-hydrogen) atoms. The molecule has 0 spiro atoms. The molecule has 1 N–H and O–H groups in total. The van der Waals surface area contributed by atoms with Crippen LogP contribution >= 0.6 is 0 Å². The van der Waals surface area contributed by atoms with E-state index < -0.39 is 5.97 Å². The van der Waals surface area contributed by atoms with Crippen molar-refractivity contribution in [3.05, 3.63) is 53.0 Å². The highest BCUT2D eigenvalue weighted by Crippen LogP contribution is 2.21. The third-order valence-electron chi connectivity index (χ3n) is 3.37. The molecule has 0 radical (unpaired) electrons. The second-order valence-corrected chi connectivity index (χ2v) is 4.85. The summed E-state index contributed by atoms with van der Waals surface area (Å²) in [5.41, 5.74) is 3.25. The summed E-state index contributed by atoms with van der Waals surface area (Å²) in [6.07, 6.45) is 0. The molecule has 0 saturated carbocycles. The Bertz CT molecular complexity index is 599. The summed E-state index contributed by atoms with van der Waals surface area (Å²) >= 11 is 0. The molecule has 1 aromatic heterocycles. The van der Waals surface area contributed by atoms with Crippen LogP contribution in [0, 0.1) is 13.8 Å². The number of aryl methyl sites for hydroxylation is 2. The molecule has 0 saturated heterocycles. The van der Waals surface area contributed by atoms with Crippen molar-refractivity contribution in [2.24, 2.45) is 0 Å². The molecule has 4 heteroatoms. The van der Waals surface area contributed by atoms with Crippen LogP contribution in [0.15, 0.2) is 34.7 Å². The van der Waals surface area contributed by atoms with E-state index >= 15 is 0 Å². The maximum atomic E-state index is 10.9. The topological polar surface area (TPSA) is 53.7 Å². The third kappa shape index (κ3) is 3.02. The zero-order valence-corrected chi connectivity index (χ0v) is 12.0. The normalized spacial score (nSPS) is 10.6. The number of benzene rings is 1. The summed E-state index contributed by atoms with van der Waals surface area (Å²) in [4.78, 5) is 13.1. The zero-order valence-electron chi connectivity index (χ0n) is 12.0. The van der Waals surface area contributed by atoms with Gasteiger partial charge in [-0.25, -0.2) is 4.79 Å². The molecular formula is C16H19NO3. The van der Waals surface area contributed by atoms with Gasteiger partial charge < -0.3 is 14.4 Å². The fraction of sp³-hybridized carbons (Fsp3) is 0.312. The molecule has 1 heterocycles. The van der Waals surface area contributed by atoms with E-state index in [0.717, 1.165) is 17.8 Å². The van der Waals surface area contributed by atoms with Gasteiger partial charge in [0.05, 0.1) is 0 Å². The quantitative estimate of drug-likeness (QED) is 0.904. The summed E-state index contributed by atoms with van der Waals surface area (Å²) < 4.78 is 5.25. The van der Waals surface area contributed by atoms with Gasteiger partial charge in [-0.2, -0.15) is 0 Å². The molecular weight excluding hydrogens is 254 g/mol. The SMILES string of the molecule is CCN(Cc1cc(C(=O)O)oc1C)c1ccc(C)cc1. The van der Waals surface area contributed by atoms with Gasteiger partial charge in [0.2, 0.25) is 5.76 Å². The smallest absolute Gasteiger partial charge is 0.371 e. The van der Waals surface area contributed by atoms with Crippen LogP contribution in [0.3, 0.4) is 0 Å². The van der Waals surface area contributed by atoms with Crippen molar-refractivity contribution < 1.29 is 14.3 Å². The Kier molecular flexibility index (Phi) is 4.13. The van der Waals surface area contributed by atoms with E-state index in [1.54, 1.807) is 13.0 Å². The van der Waals surface area contributed by atoms with Gasteiger partial charge in [0.1, 0.15) is 5.76 Å². The Morgan fingerprint density at radius 3 is 2.40 bits per heavy atom. The van der Waals surface area contributed by atoms with E-state index in [-0.39, 0.29) is 5.76 Å². The highest BCUT2D eigenvalue weighted by Gasteiger charge is 2.15. The van der Waals surface area contributed by atoms with Gasteiger partial charge in [-0.05, 0) is 39.0 Å². The molecule has 0 fully saturated rings. The number of anilines is 1. The first-order chi connectivity index (χ1) is 9.51. The molecule has 106 valence electrons. The number of hydrogen-bond acceptors (Lipinski definition) is 3.